The van der Waals surface area contributed by atoms with Crippen LogP contribution in [0, 0.1) is 11.8 Å². The zero-order valence-corrected chi connectivity index (χ0v) is 19.8. The molecule has 2 aromatic heterocycles. The molecule has 1 N–H and O–H groups in total. The highest BCUT2D eigenvalue weighted by Gasteiger charge is 2.32. The third kappa shape index (κ3) is 4.84. The van der Waals surface area contributed by atoms with E-state index >= 15 is 0 Å². The van der Waals surface area contributed by atoms with E-state index in [4.69, 9.17) is 11.6 Å². The molecule has 1 aliphatic rings. The van der Waals surface area contributed by atoms with Crippen LogP contribution >= 0.6 is 11.6 Å². The van der Waals surface area contributed by atoms with E-state index in [9.17, 15) is 23.1 Å². The second-order valence-electron chi connectivity index (χ2n) is 8.76. The van der Waals surface area contributed by atoms with Gasteiger partial charge in [-0.1, -0.05) is 24.6 Å². The third-order valence-corrected chi connectivity index (χ3v) is 8.67. The van der Waals surface area contributed by atoms with E-state index < -0.39 is 28.0 Å². The first-order chi connectivity index (χ1) is 15.7. The van der Waals surface area contributed by atoms with Gasteiger partial charge in [0.05, 0.1) is 16.2 Å². The van der Waals surface area contributed by atoms with E-state index in [0.29, 0.717) is 35.4 Å². The fraction of sp³-hybridized carbons (Fsp3) is 0.435. The Hall–Kier alpha value is -2.65. The normalized spacial score (nSPS) is 21.7. The summed E-state index contributed by atoms with van der Waals surface area (Å²) >= 11 is 5.99. The number of hydrogen-bond donors (Lipinski definition) is 1. The number of imidazole rings is 1. The molecule has 3 atom stereocenters. The Morgan fingerprint density at radius 2 is 1.94 bits per heavy atom. The molecule has 0 radical (unpaired) electrons. The molecule has 0 aliphatic heterocycles. The van der Waals surface area contributed by atoms with Crippen LogP contribution in [0.1, 0.15) is 38.6 Å². The van der Waals surface area contributed by atoms with Crippen molar-refractivity contribution < 1.29 is 18.3 Å². The number of halogens is 1. The zero-order chi connectivity index (χ0) is 23.8. The largest absolute Gasteiger partial charge is 0.480 e. The van der Waals surface area contributed by atoms with Crippen molar-refractivity contribution in [1.29, 1.82) is 0 Å². The molecule has 4 rings (SSSR count). The van der Waals surface area contributed by atoms with Gasteiger partial charge in [0.2, 0.25) is 0 Å². The highest BCUT2D eigenvalue weighted by Crippen LogP contribution is 2.36. The predicted molar refractivity (Wildman–Crippen MR) is 125 cm³/mol. The van der Waals surface area contributed by atoms with Gasteiger partial charge in [-0.05, 0) is 67.9 Å². The maximum Gasteiger partial charge on any atom is 0.331 e. The molecule has 3 unspecified atom stereocenters. The molecule has 1 saturated carbocycles. The summed E-state index contributed by atoms with van der Waals surface area (Å²) in [4.78, 5) is 29.1. The summed E-state index contributed by atoms with van der Waals surface area (Å²) in [5.74, 6) is -0.981. The van der Waals surface area contributed by atoms with Gasteiger partial charge in [0, 0.05) is 17.3 Å². The fourth-order valence-corrected chi connectivity index (χ4v) is 6.89. The smallest absolute Gasteiger partial charge is 0.331 e. The number of aliphatic carboxylic acids is 1. The molecular formula is C23H26ClN3O5S. The fourth-order valence-electron chi connectivity index (χ4n) is 4.80. The molecule has 33 heavy (non-hydrogen) atoms. The minimum atomic E-state index is -3.50. The van der Waals surface area contributed by atoms with E-state index in [1.807, 2.05) is 0 Å². The molecule has 1 aliphatic carbocycles. The predicted octanol–water partition coefficient (Wildman–Crippen LogP) is 3.78. The van der Waals surface area contributed by atoms with E-state index in [0.717, 1.165) is 6.42 Å². The number of rotatable bonds is 6. The van der Waals surface area contributed by atoms with Crippen LogP contribution in [0.4, 0.5) is 0 Å². The third-order valence-electron chi connectivity index (χ3n) is 6.60. The summed E-state index contributed by atoms with van der Waals surface area (Å²) < 4.78 is 28.9. The molecule has 0 saturated heterocycles. The number of nitrogens with zero attached hydrogens (tertiary/aromatic N) is 3. The van der Waals surface area contributed by atoms with Gasteiger partial charge < -0.3 is 5.11 Å². The number of fused-ring (bicyclic) bond motifs is 1. The zero-order valence-electron chi connectivity index (χ0n) is 18.2. The Kier molecular flexibility index (Phi) is 6.63. The van der Waals surface area contributed by atoms with E-state index in [1.54, 1.807) is 41.1 Å². The van der Waals surface area contributed by atoms with Crippen LogP contribution in [0.25, 0.3) is 11.2 Å². The van der Waals surface area contributed by atoms with Gasteiger partial charge in [0.1, 0.15) is 6.54 Å². The van der Waals surface area contributed by atoms with Crippen molar-refractivity contribution in [2.45, 2.75) is 50.1 Å². The lowest BCUT2D eigenvalue weighted by Gasteiger charge is -2.21. The van der Waals surface area contributed by atoms with Gasteiger partial charge in [-0.15, -0.1) is 0 Å². The standard InChI is InChI=1S/C23H26ClN3O5S/c1-15-7-9-18(10-8-16(15)14-33(31,32)19-5-2-4-17(24)12-19)27-22-20(6-3-11-25-22)26(23(27)30)13-21(28)29/h2-6,11-12,15-16,18H,7-10,13-14H2,1H3,(H,28,29). The number of carboxylic acids is 1. The summed E-state index contributed by atoms with van der Waals surface area (Å²) in [5, 5.41) is 9.63. The lowest BCUT2D eigenvalue weighted by atomic mass is 9.91. The van der Waals surface area contributed by atoms with Gasteiger partial charge in [0.25, 0.3) is 0 Å². The highest BCUT2D eigenvalue weighted by atomic mass is 35.5. The molecule has 176 valence electrons. The summed E-state index contributed by atoms with van der Waals surface area (Å²) in [6.07, 6.45) is 4.28. The van der Waals surface area contributed by atoms with Crippen molar-refractivity contribution >= 4 is 38.6 Å². The van der Waals surface area contributed by atoms with Crippen LogP contribution in [0.2, 0.25) is 5.02 Å². The van der Waals surface area contributed by atoms with Crippen LogP contribution in [0.5, 0.6) is 0 Å². The van der Waals surface area contributed by atoms with Gasteiger partial charge >= 0.3 is 11.7 Å². The SMILES string of the molecule is CC1CCC(n2c(=O)n(CC(=O)O)c3cccnc32)CCC1CS(=O)(=O)c1cccc(Cl)c1. The average Bonchev–Trinajstić information content (AvgIpc) is 2.91. The van der Waals surface area contributed by atoms with Gasteiger partial charge in [-0.25, -0.2) is 18.2 Å². The van der Waals surface area contributed by atoms with E-state index in [2.05, 4.69) is 11.9 Å². The van der Waals surface area contributed by atoms with Crippen molar-refractivity contribution in [3.63, 3.8) is 0 Å². The molecule has 3 aromatic rings. The second kappa shape index (κ2) is 9.30. The first-order valence-corrected chi connectivity index (χ1v) is 13.0. The summed E-state index contributed by atoms with van der Waals surface area (Å²) in [6.45, 7) is 1.62. The number of carbonyl (C=O) groups is 1. The monoisotopic (exact) mass is 491 g/mol. The molecule has 1 fully saturated rings. The molecule has 0 bridgehead atoms. The Balaban J connectivity index is 1.61. The van der Waals surface area contributed by atoms with Crippen molar-refractivity contribution in [3.05, 3.63) is 58.1 Å². The maximum absolute atomic E-state index is 13.2. The van der Waals surface area contributed by atoms with Gasteiger partial charge in [-0.2, -0.15) is 0 Å². The molecule has 0 amide bonds. The van der Waals surface area contributed by atoms with Crippen molar-refractivity contribution in [1.82, 2.24) is 14.1 Å². The summed E-state index contributed by atoms with van der Waals surface area (Å²) in [5.41, 5.74) is 0.558. The van der Waals surface area contributed by atoms with Crippen LogP contribution < -0.4 is 5.69 Å². The Labute approximate surface area is 196 Å². The minimum absolute atomic E-state index is 0.0230. The van der Waals surface area contributed by atoms with Gasteiger partial charge in [0.15, 0.2) is 15.5 Å². The molecule has 1 aromatic carbocycles. The van der Waals surface area contributed by atoms with Gasteiger partial charge in [-0.3, -0.25) is 13.9 Å². The lowest BCUT2D eigenvalue weighted by molar-refractivity contribution is -0.137. The van der Waals surface area contributed by atoms with E-state index in [1.165, 1.54) is 10.6 Å². The van der Waals surface area contributed by atoms with Crippen LogP contribution in [0.15, 0.2) is 52.3 Å². The van der Waals surface area contributed by atoms with E-state index in [-0.39, 0.29) is 28.5 Å². The first kappa shape index (κ1) is 23.5. The topological polar surface area (TPSA) is 111 Å². The number of carboxylic acid groups (broad SMARTS) is 1. The number of benzene rings is 1. The average molecular weight is 492 g/mol. The first-order valence-electron chi connectivity index (χ1n) is 10.9. The lowest BCUT2D eigenvalue weighted by Crippen LogP contribution is -2.29. The molecule has 0 spiro atoms. The van der Waals surface area contributed by atoms with Crippen LogP contribution in [-0.2, 0) is 21.2 Å². The second-order valence-corrected chi connectivity index (χ2v) is 11.2. The molecule has 10 heteroatoms. The Morgan fingerprint density at radius 1 is 1.18 bits per heavy atom. The Morgan fingerprint density at radius 3 is 2.67 bits per heavy atom. The number of sulfone groups is 1. The van der Waals surface area contributed by atoms with Crippen molar-refractivity contribution in [2.24, 2.45) is 11.8 Å². The van der Waals surface area contributed by atoms with Crippen LogP contribution in [0.3, 0.4) is 0 Å². The molecule has 8 nitrogen and oxygen atoms in total. The number of hydrogen-bond acceptors (Lipinski definition) is 5. The van der Waals surface area contributed by atoms with Crippen molar-refractivity contribution in [2.75, 3.05) is 5.75 Å². The minimum Gasteiger partial charge on any atom is -0.480 e. The molecular weight excluding hydrogens is 466 g/mol. The molecule has 2 heterocycles. The quantitative estimate of drug-likeness (QED) is 0.525. The maximum atomic E-state index is 13.2. The Bertz CT molecular complexity index is 1350. The van der Waals surface area contributed by atoms with Crippen molar-refractivity contribution in [3.8, 4) is 0 Å². The highest BCUT2D eigenvalue weighted by molar-refractivity contribution is 7.91. The summed E-state index contributed by atoms with van der Waals surface area (Å²) in [7, 11) is -3.50. The van der Waals surface area contributed by atoms with Crippen LogP contribution in [-0.4, -0.2) is 39.4 Å². The number of pyridine rings is 1. The number of aromatic nitrogens is 3. The summed E-state index contributed by atoms with van der Waals surface area (Å²) in [6, 6.07) is 9.52.